The highest BCUT2D eigenvalue weighted by Crippen LogP contribution is 2.38. The summed E-state index contributed by atoms with van der Waals surface area (Å²) in [5.41, 5.74) is 4.10. The van der Waals surface area contributed by atoms with Crippen molar-refractivity contribution in [3.63, 3.8) is 0 Å². The molecule has 31 heavy (non-hydrogen) atoms. The van der Waals surface area contributed by atoms with Crippen LogP contribution in [-0.2, 0) is 22.4 Å². The zero-order valence-electron chi connectivity index (χ0n) is 18.5. The number of nitrogens with zero attached hydrogens (tertiary/aromatic N) is 1. The molecule has 1 heterocycles. The molecule has 0 radical (unpaired) electrons. The van der Waals surface area contributed by atoms with Gasteiger partial charge in [0, 0.05) is 12.8 Å². The van der Waals surface area contributed by atoms with E-state index >= 15 is 0 Å². The van der Waals surface area contributed by atoms with Crippen LogP contribution < -0.4 is 0 Å². The third-order valence-electron chi connectivity index (χ3n) is 6.68. The average Bonchev–Trinajstić information content (AvgIpc) is 3.45. The molecule has 1 fully saturated rings. The standard InChI is InChI=1S/C27H33NO3/c1-2-3-9-23(29)16-13-20-11-14-21(15-12-20)27(30)31-26-24-10-5-4-8-22(24)19-25(26)28-17-6-7-18-28/h4-5,8,10-12,14-15,25-26H,2-3,6-7,9,13,16-19H2,1H3. The van der Waals surface area contributed by atoms with Crippen LogP contribution in [0.4, 0.5) is 0 Å². The molecule has 4 heteroatoms. The first-order chi connectivity index (χ1) is 15.2. The van der Waals surface area contributed by atoms with Gasteiger partial charge in [0.15, 0.2) is 0 Å². The van der Waals surface area contributed by atoms with Crippen LogP contribution in [0.1, 0.15) is 78.6 Å². The molecule has 2 aromatic carbocycles. The van der Waals surface area contributed by atoms with Gasteiger partial charge in [0.1, 0.15) is 11.9 Å². The topological polar surface area (TPSA) is 46.6 Å². The second-order valence-electron chi connectivity index (χ2n) is 8.88. The number of ether oxygens (including phenoxy) is 1. The first kappa shape index (κ1) is 21.8. The molecular formula is C27H33NO3. The monoisotopic (exact) mass is 419 g/mol. The summed E-state index contributed by atoms with van der Waals surface area (Å²) in [6, 6.07) is 16.1. The van der Waals surface area contributed by atoms with Gasteiger partial charge in [0.05, 0.1) is 11.6 Å². The molecule has 0 amide bonds. The summed E-state index contributed by atoms with van der Waals surface area (Å²) < 4.78 is 6.10. The molecule has 0 N–H and O–H groups in total. The lowest BCUT2D eigenvalue weighted by Crippen LogP contribution is -2.37. The van der Waals surface area contributed by atoms with Crippen molar-refractivity contribution < 1.29 is 14.3 Å². The van der Waals surface area contributed by atoms with Crippen molar-refractivity contribution in [3.05, 3.63) is 70.8 Å². The van der Waals surface area contributed by atoms with E-state index in [2.05, 4.69) is 30.0 Å². The smallest absolute Gasteiger partial charge is 0.338 e. The number of fused-ring (bicyclic) bond motifs is 1. The van der Waals surface area contributed by atoms with E-state index in [0.717, 1.165) is 49.9 Å². The minimum absolute atomic E-state index is 0.210. The maximum absolute atomic E-state index is 13.0. The van der Waals surface area contributed by atoms with Gasteiger partial charge in [-0.15, -0.1) is 0 Å². The summed E-state index contributed by atoms with van der Waals surface area (Å²) in [7, 11) is 0. The van der Waals surface area contributed by atoms with Crippen LogP contribution in [0.3, 0.4) is 0 Å². The van der Waals surface area contributed by atoms with Crippen LogP contribution in [0.15, 0.2) is 48.5 Å². The number of esters is 1. The molecule has 4 nitrogen and oxygen atoms in total. The predicted molar refractivity (Wildman–Crippen MR) is 122 cm³/mol. The number of hydrogen-bond acceptors (Lipinski definition) is 4. The molecule has 164 valence electrons. The number of benzene rings is 2. The Balaban J connectivity index is 1.40. The molecule has 2 aromatic rings. The first-order valence-electron chi connectivity index (χ1n) is 11.8. The Labute approximate surface area is 185 Å². The third-order valence-corrected chi connectivity index (χ3v) is 6.68. The van der Waals surface area contributed by atoms with Gasteiger partial charge in [0.25, 0.3) is 0 Å². The predicted octanol–water partition coefficient (Wildman–Crippen LogP) is 5.30. The van der Waals surface area contributed by atoms with E-state index in [0.29, 0.717) is 24.2 Å². The summed E-state index contributed by atoms with van der Waals surface area (Å²) in [5, 5.41) is 0. The number of unbranched alkanes of at least 4 members (excludes halogenated alkanes) is 1. The lowest BCUT2D eigenvalue weighted by atomic mass is 10.0. The lowest BCUT2D eigenvalue weighted by Gasteiger charge is -2.29. The number of carbonyl (C=O) groups is 2. The summed E-state index contributed by atoms with van der Waals surface area (Å²) in [6.07, 6.45) is 7.15. The molecule has 1 saturated heterocycles. The second-order valence-corrected chi connectivity index (χ2v) is 8.88. The lowest BCUT2D eigenvalue weighted by molar-refractivity contribution is -0.119. The molecule has 2 aliphatic rings. The third kappa shape index (κ3) is 5.24. The number of carbonyl (C=O) groups excluding carboxylic acids is 2. The molecule has 2 atom stereocenters. The van der Waals surface area contributed by atoms with Gasteiger partial charge >= 0.3 is 5.97 Å². The Morgan fingerprint density at radius 3 is 2.48 bits per heavy atom. The number of Topliss-reactive ketones (excluding diaryl/α,β-unsaturated/α-hetero) is 1. The van der Waals surface area contributed by atoms with Crippen molar-refractivity contribution in [2.45, 2.75) is 70.4 Å². The average molecular weight is 420 g/mol. The molecule has 1 aliphatic carbocycles. The van der Waals surface area contributed by atoms with E-state index in [-0.39, 0.29) is 18.1 Å². The number of rotatable bonds is 9. The van der Waals surface area contributed by atoms with Crippen LogP contribution in [0.25, 0.3) is 0 Å². The normalized spacial score (nSPS) is 20.5. The van der Waals surface area contributed by atoms with E-state index in [4.69, 9.17) is 4.74 Å². The Morgan fingerprint density at radius 1 is 1.00 bits per heavy atom. The van der Waals surface area contributed by atoms with Crippen LogP contribution in [0.2, 0.25) is 0 Å². The number of likely N-dealkylation sites (tertiary alicyclic amines) is 1. The van der Waals surface area contributed by atoms with Crippen LogP contribution in [0, 0.1) is 0 Å². The highest BCUT2D eigenvalue weighted by molar-refractivity contribution is 5.89. The van der Waals surface area contributed by atoms with E-state index < -0.39 is 0 Å². The molecule has 1 aliphatic heterocycles. The van der Waals surface area contributed by atoms with Crippen molar-refractivity contribution in [1.29, 1.82) is 0 Å². The van der Waals surface area contributed by atoms with Gasteiger partial charge in [0.2, 0.25) is 0 Å². The SMILES string of the molecule is CCCCC(=O)CCc1ccc(C(=O)OC2c3ccccc3CC2N2CCCC2)cc1. The highest BCUT2D eigenvalue weighted by atomic mass is 16.5. The molecule has 0 spiro atoms. The minimum Gasteiger partial charge on any atom is -0.452 e. The summed E-state index contributed by atoms with van der Waals surface area (Å²) >= 11 is 0. The van der Waals surface area contributed by atoms with Crippen molar-refractivity contribution >= 4 is 11.8 Å². The number of ketones is 1. The Kier molecular flexibility index (Phi) is 7.18. The molecule has 0 saturated carbocycles. The Morgan fingerprint density at radius 2 is 1.74 bits per heavy atom. The maximum atomic E-state index is 13.0. The van der Waals surface area contributed by atoms with Crippen molar-refractivity contribution in [1.82, 2.24) is 4.90 Å². The van der Waals surface area contributed by atoms with E-state index in [1.165, 1.54) is 18.4 Å². The van der Waals surface area contributed by atoms with Crippen molar-refractivity contribution in [2.75, 3.05) is 13.1 Å². The van der Waals surface area contributed by atoms with E-state index in [1.54, 1.807) is 0 Å². The first-order valence-corrected chi connectivity index (χ1v) is 11.8. The maximum Gasteiger partial charge on any atom is 0.338 e. The van der Waals surface area contributed by atoms with Gasteiger partial charge in [-0.1, -0.05) is 49.7 Å². The van der Waals surface area contributed by atoms with Crippen molar-refractivity contribution in [3.8, 4) is 0 Å². The quantitative estimate of drug-likeness (QED) is 0.518. The highest BCUT2D eigenvalue weighted by Gasteiger charge is 2.39. The summed E-state index contributed by atoms with van der Waals surface area (Å²) in [6.45, 7) is 4.26. The van der Waals surface area contributed by atoms with Gasteiger partial charge in [-0.2, -0.15) is 0 Å². The van der Waals surface area contributed by atoms with Gasteiger partial charge in [-0.25, -0.2) is 4.79 Å². The number of aryl methyl sites for hydroxylation is 1. The molecule has 2 unspecified atom stereocenters. The number of hydrogen-bond donors (Lipinski definition) is 0. The van der Waals surface area contributed by atoms with Gasteiger partial charge < -0.3 is 4.74 Å². The van der Waals surface area contributed by atoms with Gasteiger partial charge in [-0.05, 0) is 74.0 Å². The minimum atomic E-state index is -0.267. The fourth-order valence-corrected chi connectivity index (χ4v) is 4.85. The summed E-state index contributed by atoms with van der Waals surface area (Å²) in [5.74, 6) is 0.0506. The second kappa shape index (κ2) is 10.2. The van der Waals surface area contributed by atoms with E-state index in [1.807, 2.05) is 30.3 Å². The largest absolute Gasteiger partial charge is 0.452 e. The molecule has 0 bridgehead atoms. The zero-order chi connectivity index (χ0) is 21.6. The van der Waals surface area contributed by atoms with E-state index in [9.17, 15) is 9.59 Å². The van der Waals surface area contributed by atoms with Crippen LogP contribution in [-0.4, -0.2) is 35.8 Å². The van der Waals surface area contributed by atoms with Gasteiger partial charge in [-0.3, -0.25) is 9.69 Å². The fraction of sp³-hybridized carbons (Fsp3) is 0.481. The van der Waals surface area contributed by atoms with Crippen LogP contribution >= 0.6 is 0 Å². The molecule has 0 aromatic heterocycles. The Hall–Kier alpha value is -2.46. The van der Waals surface area contributed by atoms with Crippen molar-refractivity contribution in [2.24, 2.45) is 0 Å². The summed E-state index contributed by atoms with van der Waals surface area (Å²) in [4.78, 5) is 27.4. The zero-order valence-corrected chi connectivity index (χ0v) is 18.5. The fourth-order valence-electron chi connectivity index (χ4n) is 4.85. The van der Waals surface area contributed by atoms with Crippen LogP contribution in [0.5, 0.6) is 0 Å². The molecular weight excluding hydrogens is 386 g/mol. The molecule has 4 rings (SSSR count). The Bertz CT molecular complexity index is 899.